The maximum Gasteiger partial charge on any atom is 0.138 e. The number of ether oxygens (including phenoxy) is 1. The van der Waals surface area contributed by atoms with E-state index in [1.165, 1.54) is 0 Å². The van der Waals surface area contributed by atoms with Crippen LogP contribution in [0.5, 0.6) is 5.75 Å². The van der Waals surface area contributed by atoms with E-state index in [0.29, 0.717) is 5.92 Å². The van der Waals surface area contributed by atoms with Crippen LogP contribution in [0.1, 0.15) is 40.2 Å². The standard InChI is InChI=1S/C17H28BrNO2/c1-12(2)9-19-10-14-7-6-8-15(18)16(14)21-11-17(5,20)13(3)4/h6-8,12-13,19-20H,9-11H2,1-5H3. The predicted molar refractivity (Wildman–Crippen MR) is 91.6 cm³/mol. The van der Waals surface area contributed by atoms with Crippen LogP contribution in [0.2, 0.25) is 0 Å². The summed E-state index contributed by atoms with van der Waals surface area (Å²) < 4.78 is 6.84. The van der Waals surface area contributed by atoms with Crippen LogP contribution in [0.3, 0.4) is 0 Å². The minimum atomic E-state index is -0.835. The second-order valence-electron chi connectivity index (χ2n) is 6.55. The fourth-order valence-corrected chi connectivity index (χ4v) is 2.26. The van der Waals surface area contributed by atoms with Crippen LogP contribution in [-0.2, 0) is 6.54 Å². The van der Waals surface area contributed by atoms with Crippen LogP contribution in [0, 0.1) is 11.8 Å². The summed E-state index contributed by atoms with van der Waals surface area (Å²) >= 11 is 3.54. The molecule has 0 aliphatic carbocycles. The molecule has 1 rings (SSSR count). The third-order valence-corrected chi connectivity index (χ3v) is 4.29. The summed E-state index contributed by atoms with van der Waals surface area (Å²) in [6, 6.07) is 6.02. The molecule has 0 saturated carbocycles. The molecule has 1 unspecified atom stereocenters. The molecule has 0 aromatic heterocycles. The Hall–Kier alpha value is -0.580. The molecule has 1 aromatic carbocycles. The van der Waals surface area contributed by atoms with Gasteiger partial charge in [-0.1, -0.05) is 39.8 Å². The van der Waals surface area contributed by atoms with Gasteiger partial charge in [0.05, 0.1) is 10.1 Å². The van der Waals surface area contributed by atoms with E-state index in [1.54, 1.807) is 0 Å². The molecular formula is C17H28BrNO2. The van der Waals surface area contributed by atoms with E-state index in [1.807, 2.05) is 32.9 Å². The Morgan fingerprint density at radius 3 is 2.52 bits per heavy atom. The minimum absolute atomic E-state index is 0.141. The quantitative estimate of drug-likeness (QED) is 0.739. The Morgan fingerprint density at radius 2 is 1.95 bits per heavy atom. The zero-order valence-corrected chi connectivity index (χ0v) is 15.3. The second-order valence-corrected chi connectivity index (χ2v) is 7.41. The first-order valence-electron chi connectivity index (χ1n) is 7.57. The SMILES string of the molecule is CC(C)CNCc1cccc(Br)c1OCC(C)(O)C(C)C. The topological polar surface area (TPSA) is 41.5 Å². The van der Waals surface area contributed by atoms with Crippen LogP contribution in [0.15, 0.2) is 22.7 Å². The van der Waals surface area contributed by atoms with Crippen molar-refractivity contribution < 1.29 is 9.84 Å². The van der Waals surface area contributed by atoms with E-state index in [0.717, 1.165) is 28.9 Å². The molecule has 2 N–H and O–H groups in total. The number of benzene rings is 1. The molecule has 0 fully saturated rings. The van der Waals surface area contributed by atoms with Crippen molar-refractivity contribution in [1.82, 2.24) is 5.32 Å². The van der Waals surface area contributed by atoms with Crippen molar-refractivity contribution in [3.05, 3.63) is 28.2 Å². The van der Waals surface area contributed by atoms with Gasteiger partial charge < -0.3 is 15.2 Å². The van der Waals surface area contributed by atoms with Gasteiger partial charge in [-0.15, -0.1) is 0 Å². The lowest BCUT2D eigenvalue weighted by Gasteiger charge is -2.28. The van der Waals surface area contributed by atoms with E-state index in [4.69, 9.17) is 4.74 Å². The monoisotopic (exact) mass is 357 g/mol. The molecule has 120 valence electrons. The number of aliphatic hydroxyl groups is 1. The van der Waals surface area contributed by atoms with Gasteiger partial charge in [0.1, 0.15) is 12.4 Å². The highest BCUT2D eigenvalue weighted by molar-refractivity contribution is 9.10. The Bertz CT molecular complexity index is 444. The lowest BCUT2D eigenvalue weighted by Crippen LogP contribution is -2.38. The van der Waals surface area contributed by atoms with Crippen molar-refractivity contribution in [3.8, 4) is 5.75 Å². The molecule has 0 radical (unpaired) electrons. The molecule has 0 amide bonds. The highest BCUT2D eigenvalue weighted by Gasteiger charge is 2.26. The molecule has 0 heterocycles. The summed E-state index contributed by atoms with van der Waals surface area (Å²) in [6.45, 7) is 12.2. The fourth-order valence-electron chi connectivity index (χ4n) is 1.73. The Labute approximate surface area is 137 Å². The molecule has 1 aromatic rings. The van der Waals surface area contributed by atoms with Gasteiger partial charge in [-0.2, -0.15) is 0 Å². The lowest BCUT2D eigenvalue weighted by atomic mass is 9.94. The summed E-state index contributed by atoms with van der Waals surface area (Å²) in [6.07, 6.45) is 0. The Balaban J connectivity index is 2.76. The van der Waals surface area contributed by atoms with Crippen molar-refractivity contribution in [2.45, 2.75) is 46.8 Å². The molecule has 21 heavy (non-hydrogen) atoms. The van der Waals surface area contributed by atoms with Gasteiger partial charge in [-0.25, -0.2) is 0 Å². The summed E-state index contributed by atoms with van der Waals surface area (Å²) in [4.78, 5) is 0. The normalized spacial score (nSPS) is 14.5. The summed E-state index contributed by atoms with van der Waals surface area (Å²) in [5.74, 6) is 1.57. The Morgan fingerprint density at radius 1 is 1.29 bits per heavy atom. The first-order chi connectivity index (χ1) is 9.74. The maximum atomic E-state index is 10.3. The minimum Gasteiger partial charge on any atom is -0.489 e. The van der Waals surface area contributed by atoms with Gasteiger partial charge in [0.15, 0.2) is 0 Å². The molecule has 4 heteroatoms. The average Bonchev–Trinajstić information content (AvgIpc) is 2.37. The number of para-hydroxylation sites is 1. The molecule has 0 saturated heterocycles. The number of hydrogen-bond donors (Lipinski definition) is 2. The summed E-state index contributed by atoms with van der Waals surface area (Å²) in [7, 11) is 0. The van der Waals surface area contributed by atoms with Crippen molar-refractivity contribution in [3.63, 3.8) is 0 Å². The third kappa shape index (κ3) is 5.97. The largest absolute Gasteiger partial charge is 0.489 e. The molecule has 0 aliphatic rings. The number of rotatable bonds is 8. The maximum absolute atomic E-state index is 10.3. The molecule has 0 bridgehead atoms. The molecule has 1 atom stereocenters. The van der Waals surface area contributed by atoms with Crippen LogP contribution in [0.4, 0.5) is 0 Å². The van der Waals surface area contributed by atoms with Gasteiger partial charge in [0.25, 0.3) is 0 Å². The van der Waals surface area contributed by atoms with Crippen molar-refractivity contribution in [1.29, 1.82) is 0 Å². The van der Waals surface area contributed by atoms with Crippen molar-refractivity contribution in [2.75, 3.05) is 13.2 Å². The first-order valence-corrected chi connectivity index (χ1v) is 8.36. The van der Waals surface area contributed by atoms with E-state index in [-0.39, 0.29) is 12.5 Å². The molecule has 0 aliphatic heterocycles. The smallest absolute Gasteiger partial charge is 0.138 e. The zero-order valence-electron chi connectivity index (χ0n) is 13.7. The highest BCUT2D eigenvalue weighted by atomic mass is 79.9. The van der Waals surface area contributed by atoms with Crippen LogP contribution in [0.25, 0.3) is 0 Å². The van der Waals surface area contributed by atoms with Crippen molar-refractivity contribution >= 4 is 15.9 Å². The van der Waals surface area contributed by atoms with E-state index < -0.39 is 5.60 Å². The fraction of sp³-hybridized carbons (Fsp3) is 0.647. The summed E-state index contributed by atoms with van der Waals surface area (Å²) in [5, 5.41) is 13.8. The number of halogens is 1. The number of nitrogens with one attached hydrogen (secondary N) is 1. The van der Waals surface area contributed by atoms with Gasteiger partial charge in [0, 0.05) is 12.1 Å². The molecular weight excluding hydrogens is 330 g/mol. The molecule has 3 nitrogen and oxygen atoms in total. The van der Waals surface area contributed by atoms with Crippen LogP contribution in [-0.4, -0.2) is 23.9 Å². The van der Waals surface area contributed by atoms with Crippen LogP contribution < -0.4 is 10.1 Å². The van der Waals surface area contributed by atoms with E-state index in [2.05, 4.69) is 41.2 Å². The third-order valence-electron chi connectivity index (χ3n) is 3.67. The Kier molecular flexibility index (Phi) is 7.17. The predicted octanol–water partition coefficient (Wildman–Crippen LogP) is 3.98. The zero-order chi connectivity index (χ0) is 16.0. The van der Waals surface area contributed by atoms with Gasteiger partial charge >= 0.3 is 0 Å². The van der Waals surface area contributed by atoms with Crippen LogP contribution >= 0.6 is 15.9 Å². The average molecular weight is 358 g/mol. The van der Waals surface area contributed by atoms with Crippen molar-refractivity contribution in [2.24, 2.45) is 11.8 Å². The summed E-state index contributed by atoms with van der Waals surface area (Å²) in [5.41, 5.74) is 0.266. The number of hydrogen-bond acceptors (Lipinski definition) is 3. The van der Waals surface area contributed by atoms with Gasteiger partial charge in [0.2, 0.25) is 0 Å². The highest BCUT2D eigenvalue weighted by Crippen LogP contribution is 2.30. The van der Waals surface area contributed by atoms with Gasteiger partial charge in [-0.05, 0) is 47.3 Å². The second kappa shape index (κ2) is 8.16. The first kappa shape index (κ1) is 18.5. The van der Waals surface area contributed by atoms with Gasteiger partial charge in [-0.3, -0.25) is 0 Å². The molecule has 0 spiro atoms. The lowest BCUT2D eigenvalue weighted by molar-refractivity contribution is -0.0270. The van der Waals surface area contributed by atoms with E-state index in [9.17, 15) is 5.11 Å². The van der Waals surface area contributed by atoms with E-state index >= 15 is 0 Å².